The van der Waals surface area contributed by atoms with Gasteiger partial charge in [0, 0.05) is 6.61 Å². The quantitative estimate of drug-likeness (QED) is 0.454. The van der Waals surface area contributed by atoms with Crippen molar-refractivity contribution in [1.82, 2.24) is 0 Å². The van der Waals surface area contributed by atoms with Gasteiger partial charge >= 0.3 is 0 Å². The molecule has 0 fully saturated rings. The van der Waals surface area contributed by atoms with Gasteiger partial charge in [0.05, 0.1) is 12.7 Å². The van der Waals surface area contributed by atoms with Crippen molar-refractivity contribution in [2.75, 3.05) is 13.2 Å². The molecule has 0 saturated heterocycles. The fourth-order valence-electron chi connectivity index (χ4n) is 2.42. The largest absolute Gasteiger partial charge is 0.394 e. The van der Waals surface area contributed by atoms with Crippen molar-refractivity contribution in [1.29, 1.82) is 0 Å². The van der Waals surface area contributed by atoms with Crippen LogP contribution in [0.3, 0.4) is 0 Å². The summed E-state index contributed by atoms with van der Waals surface area (Å²) in [6, 6.07) is 0. The standard InChI is InChI=1S/C17H36O2/c1-4-16(3)13-11-9-7-6-8-10-12-14-17(15-18)19-5-2/h16-18H,4-15H2,1-3H3. The second kappa shape index (κ2) is 14.3. The summed E-state index contributed by atoms with van der Waals surface area (Å²) in [7, 11) is 0. The molecule has 0 bridgehead atoms. The Balaban J connectivity index is 3.18. The Labute approximate surface area is 120 Å². The van der Waals surface area contributed by atoms with Crippen LogP contribution in [-0.4, -0.2) is 24.4 Å². The Morgan fingerprint density at radius 2 is 1.37 bits per heavy atom. The summed E-state index contributed by atoms with van der Waals surface area (Å²) in [5.74, 6) is 0.911. The average molecular weight is 272 g/mol. The molecule has 0 aliphatic rings. The van der Waals surface area contributed by atoms with Crippen molar-refractivity contribution in [3.05, 3.63) is 0 Å². The van der Waals surface area contributed by atoms with Gasteiger partial charge in [-0.25, -0.2) is 0 Å². The highest BCUT2D eigenvalue weighted by Gasteiger charge is 2.05. The Morgan fingerprint density at radius 1 is 0.842 bits per heavy atom. The SMILES string of the molecule is CCOC(CO)CCCCCCCCCC(C)CC. The lowest BCUT2D eigenvalue weighted by atomic mass is 9.99. The predicted octanol–water partition coefficient (Wildman–Crippen LogP) is 4.94. The summed E-state index contributed by atoms with van der Waals surface area (Å²) in [6.45, 7) is 7.51. The Morgan fingerprint density at radius 3 is 1.84 bits per heavy atom. The van der Waals surface area contributed by atoms with Gasteiger partial charge in [-0.15, -0.1) is 0 Å². The van der Waals surface area contributed by atoms with Crippen LogP contribution in [0.5, 0.6) is 0 Å². The first-order chi connectivity index (χ1) is 9.24. The third-order valence-electron chi connectivity index (χ3n) is 4.03. The second-order valence-corrected chi connectivity index (χ2v) is 5.83. The first kappa shape index (κ1) is 18.9. The lowest BCUT2D eigenvalue weighted by Gasteiger charge is -2.13. The van der Waals surface area contributed by atoms with Gasteiger partial charge in [-0.1, -0.05) is 71.6 Å². The number of rotatable bonds is 14. The highest BCUT2D eigenvalue weighted by atomic mass is 16.5. The molecule has 0 rings (SSSR count). The summed E-state index contributed by atoms with van der Waals surface area (Å²) in [6.07, 6.45) is 13.2. The number of hydrogen-bond donors (Lipinski definition) is 1. The molecule has 1 N–H and O–H groups in total. The molecule has 0 aromatic rings. The van der Waals surface area contributed by atoms with Crippen molar-refractivity contribution in [2.24, 2.45) is 5.92 Å². The fourth-order valence-corrected chi connectivity index (χ4v) is 2.42. The van der Waals surface area contributed by atoms with E-state index in [4.69, 9.17) is 9.84 Å². The molecule has 116 valence electrons. The van der Waals surface area contributed by atoms with Gasteiger partial charge < -0.3 is 9.84 Å². The maximum Gasteiger partial charge on any atom is 0.0805 e. The molecule has 0 saturated carbocycles. The van der Waals surface area contributed by atoms with Crippen molar-refractivity contribution < 1.29 is 9.84 Å². The van der Waals surface area contributed by atoms with Crippen LogP contribution in [-0.2, 0) is 4.74 Å². The van der Waals surface area contributed by atoms with Crippen LogP contribution in [0.15, 0.2) is 0 Å². The zero-order valence-corrected chi connectivity index (χ0v) is 13.5. The van der Waals surface area contributed by atoms with Gasteiger partial charge in [-0.2, -0.15) is 0 Å². The average Bonchev–Trinajstić information content (AvgIpc) is 2.43. The lowest BCUT2D eigenvalue weighted by Crippen LogP contribution is -2.17. The molecule has 0 heterocycles. The third kappa shape index (κ3) is 12.7. The first-order valence-electron chi connectivity index (χ1n) is 8.47. The van der Waals surface area contributed by atoms with Crippen molar-refractivity contribution in [3.8, 4) is 0 Å². The number of aliphatic hydroxyl groups excluding tert-OH is 1. The van der Waals surface area contributed by atoms with E-state index in [0.29, 0.717) is 6.61 Å². The molecule has 0 aromatic carbocycles. The summed E-state index contributed by atoms with van der Waals surface area (Å²) in [5.41, 5.74) is 0. The smallest absolute Gasteiger partial charge is 0.0805 e. The Hall–Kier alpha value is -0.0800. The molecule has 0 spiro atoms. The number of hydrogen-bond acceptors (Lipinski definition) is 2. The van der Waals surface area contributed by atoms with E-state index in [1.54, 1.807) is 0 Å². The van der Waals surface area contributed by atoms with Crippen LogP contribution in [0.2, 0.25) is 0 Å². The van der Waals surface area contributed by atoms with Gasteiger partial charge in [0.25, 0.3) is 0 Å². The minimum atomic E-state index is 0.0699. The fraction of sp³-hybridized carbons (Fsp3) is 1.00. The topological polar surface area (TPSA) is 29.5 Å². The van der Waals surface area contributed by atoms with Crippen molar-refractivity contribution >= 4 is 0 Å². The summed E-state index contributed by atoms with van der Waals surface area (Å²) in [4.78, 5) is 0. The van der Waals surface area contributed by atoms with E-state index in [0.717, 1.165) is 12.3 Å². The molecule has 0 aliphatic heterocycles. The highest BCUT2D eigenvalue weighted by molar-refractivity contribution is 4.57. The van der Waals surface area contributed by atoms with Crippen LogP contribution in [0.1, 0.15) is 85.0 Å². The van der Waals surface area contributed by atoms with Gasteiger partial charge in [-0.05, 0) is 19.3 Å². The van der Waals surface area contributed by atoms with Crippen LogP contribution in [0.25, 0.3) is 0 Å². The second-order valence-electron chi connectivity index (χ2n) is 5.83. The van der Waals surface area contributed by atoms with Crippen LogP contribution < -0.4 is 0 Å². The normalized spacial score (nSPS) is 14.5. The molecule has 2 atom stereocenters. The maximum absolute atomic E-state index is 9.10. The Bertz CT molecular complexity index is 171. The molecular formula is C17H36O2. The lowest BCUT2D eigenvalue weighted by molar-refractivity contribution is 0.0136. The molecular weight excluding hydrogens is 236 g/mol. The van der Waals surface area contributed by atoms with Crippen LogP contribution >= 0.6 is 0 Å². The van der Waals surface area contributed by atoms with Crippen molar-refractivity contribution in [2.45, 2.75) is 91.1 Å². The molecule has 2 unspecified atom stereocenters. The summed E-state index contributed by atoms with van der Waals surface area (Å²) >= 11 is 0. The van der Waals surface area contributed by atoms with Gasteiger partial charge in [0.1, 0.15) is 0 Å². The highest BCUT2D eigenvalue weighted by Crippen LogP contribution is 2.15. The molecule has 0 radical (unpaired) electrons. The van der Waals surface area contributed by atoms with E-state index in [2.05, 4.69) is 13.8 Å². The van der Waals surface area contributed by atoms with Gasteiger partial charge in [0.2, 0.25) is 0 Å². The number of aliphatic hydroxyl groups is 1. The van der Waals surface area contributed by atoms with E-state index in [1.807, 2.05) is 6.92 Å². The minimum absolute atomic E-state index is 0.0699. The molecule has 2 heteroatoms. The molecule has 19 heavy (non-hydrogen) atoms. The zero-order chi connectivity index (χ0) is 14.3. The number of ether oxygens (including phenoxy) is 1. The Kier molecular flexibility index (Phi) is 14.3. The van der Waals surface area contributed by atoms with E-state index in [-0.39, 0.29) is 12.7 Å². The zero-order valence-electron chi connectivity index (χ0n) is 13.5. The van der Waals surface area contributed by atoms with E-state index < -0.39 is 0 Å². The van der Waals surface area contributed by atoms with E-state index in [1.165, 1.54) is 57.8 Å². The predicted molar refractivity (Wildman–Crippen MR) is 83.5 cm³/mol. The van der Waals surface area contributed by atoms with Crippen molar-refractivity contribution in [3.63, 3.8) is 0 Å². The van der Waals surface area contributed by atoms with E-state index >= 15 is 0 Å². The molecule has 0 amide bonds. The summed E-state index contributed by atoms with van der Waals surface area (Å²) < 4.78 is 5.43. The monoisotopic (exact) mass is 272 g/mol. The van der Waals surface area contributed by atoms with Crippen LogP contribution in [0.4, 0.5) is 0 Å². The molecule has 0 aliphatic carbocycles. The first-order valence-corrected chi connectivity index (χ1v) is 8.47. The maximum atomic E-state index is 9.10. The van der Waals surface area contributed by atoms with Gasteiger partial charge in [-0.3, -0.25) is 0 Å². The number of unbranched alkanes of at least 4 members (excludes halogenated alkanes) is 6. The van der Waals surface area contributed by atoms with Crippen LogP contribution in [0, 0.1) is 5.92 Å². The van der Waals surface area contributed by atoms with E-state index in [9.17, 15) is 0 Å². The molecule has 0 aromatic heterocycles. The minimum Gasteiger partial charge on any atom is -0.394 e. The molecule has 2 nitrogen and oxygen atoms in total. The summed E-state index contributed by atoms with van der Waals surface area (Å²) in [5, 5.41) is 9.10. The van der Waals surface area contributed by atoms with Gasteiger partial charge in [0.15, 0.2) is 0 Å². The third-order valence-corrected chi connectivity index (χ3v) is 4.03.